The molecule has 6 rings (SSSR count). The number of rotatable bonds is 6. The first-order chi connectivity index (χ1) is 18.3. The van der Waals surface area contributed by atoms with Gasteiger partial charge in [-0.1, -0.05) is 48.0 Å². The molecule has 38 heavy (non-hydrogen) atoms. The minimum atomic E-state index is -1.39. The molecule has 3 aliphatic heterocycles. The average molecular weight is 535 g/mol. The van der Waals surface area contributed by atoms with Crippen LogP contribution in [0, 0.1) is 20.2 Å². The molecular weight excluding hydrogens is 512 g/mol. The minimum absolute atomic E-state index is 0.0350. The molecule has 0 saturated carbocycles. The molecule has 0 unspecified atom stereocenters. The summed E-state index contributed by atoms with van der Waals surface area (Å²) in [4.78, 5) is 38.5. The zero-order chi connectivity index (χ0) is 26.6. The van der Waals surface area contributed by atoms with E-state index in [1.807, 2.05) is 4.90 Å². The lowest BCUT2D eigenvalue weighted by Gasteiger charge is -2.32. The van der Waals surface area contributed by atoms with E-state index in [-0.39, 0.29) is 34.2 Å². The van der Waals surface area contributed by atoms with Crippen molar-refractivity contribution in [1.29, 1.82) is 0 Å². The van der Waals surface area contributed by atoms with Crippen molar-refractivity contribution in [3.05, 3.63) is 109 Å². The third-order valence-corrected chi connectivity index (χ3v) is 8.25. The highest BCUT2D eigenvalue weighted by molar-refractivity contribution is 6.32. The number of halogens is 1. The second-order valence-corrected chi connectivity index (χ2v) is 10.2. The number of amides is 1. The summed E-state index contributed by atoms with van der Waals surface area (Å²) in [5.74, 6) is -0.565. The summed E-state index contributed by atoms with van der Waals surface area (Å²) < 4.78 is 5.83. The lowest BCUT2D eigenvalue weighted by atomic mass is 9.77. The SMILES string of the molecule is O=C1Nc2ccccc2[C@]12[C@H]([N+](=O)[O-])[C@@H](c1ccc(OCc3cccc([N+](=O)[O-])c3)c(Cl)c1)[C@@H]1CCCN12. The molecule has 10 nitrogen and oxygen atoms in total. The van der Waals surface area contributed by atoms with Crippen LogP contribution in [0.5, 0.6) is 5.75 Å². The number of carbonyl (C=O) groups excluding carboxylic acids is 1. The quantitative estimate of drug-likeness (QED) is 0.352. The molecule has 1 spiro atoms. The maximum absolute atomic E-state index is 13.6. The van der Waals surface area contributed by atoms with Gasteiger partial charge in [-0.05, 0) is 42.2 Å². The van der Waals surface area contributed by atoms with Crippen LogP contribution >= 0.6 is 11.6 Å². The van der Waals surface area contributed by atoms with Gasteiger partial charge in [0.1, 0.15) is 12.4 Å². The van der Waals surface area contributed by atoms with Crippen molar-refractivity contribution in [2.24, 2.45) is 0 Å². The van der Waals surface area contributed by atoms with Crippen molar-refractivity contribution in [2.45, 2.75) is 43.0 Å². The molecule has 3 aliphatic rings. The topological polar surface area (TPSA) is 128 Å². The smallest absolute Gasteiger partial charge is 0.269 e. The highest BCUT2D eigenvalue weighted by Gasteiger charge is 2.73. The molecule has 3 aromatic rings. The number of non-ortho nitro benzene ring substituents is 1. The van der Waals surface area contributed by atoms with Gasteiger partial charge in [0.05, 0.1) is 15.9 Å². The van der Waals surface area contributed by atoms with Crippen LogP contribution in [0.2, 0.25) is 5.02 Å². The Bertz CT molecular complexity index is 1480. The molecule has 2 fully saturated rings. The van der Waals surface area contributed by atoms with Crippen LogP contribution in [0.4, 0.5) is 11.4 Å². The third-order valence-electron chi connectivity index (χ3n) is 7.95. The van der Waals surface area contributed by atoms with Crippen LogP contribution in [0.3, 0.4) is 0 Å². The summed E-state index contributed by atoms with van der Waals surface area (Å²) >= 11 is 6.59. The van der Waals surface area contributed by atoms with E-state index in [1.54, 1.807) is 54.6 Å². The maximum Gasteiger partial charge on any atom is 0.269 e. The fourth-order valence-corrected chi connectivity index (χ4v) is 6.78. The number of nitro benzene ring substituents is 1. The zero-order valence-corrected chi connectivity index (χ0v) is 20.8. The van der Waals surface area contributed by atoms with Gasteiger partial charge in [-0.2, -0.15) is 0 Å². The molecule has 1 amide bonds. The van der Waals surface area contributed by atoms with Gasteiger partial charge in [0.25, 0.3) is 17.6 Å². The number of fused-ring (bicyclic) bond motifs is 4. The van der Waals surface area contributed by atoms with Crippen LogP contribution in [0.15, 0.2) is 66.7 Å². The van der Waals surface area contributed by atoms with E-state index >= 15 is 0 Å². The van der Waals surface area contributed by atoms with Gasteiger partial charge in [0.2, 0.25) is 0 Å². The third kappa shape index (κ3) is 3.55. The Hall–Kier alpha value is -4.02. The van der Waals surface area contributed by atoms with E-state index in [1.165, 1.54) is 12.1 Å². The molecule has 4 atom stereocenters. The summed E-state index contributed by atoms with van der Waals surface area (Å²) in [6.45, 7) is 0.656. The van der Waals surface area contributed by atoms with E-state index < -0.39 is 22.4 Å². The van der Waals surface area contributed by atoms with Gasteiger partial charge in [-0.15, -0.1) is 0 Å². The van der Waals surface area contributed by atoms with Crippen LogP contribution in [0.1, 0.15) is 35.4 Å². The molecule has 11 heteroatoms. The largest absolute Gasteiger partial charge is 0.487 e. The monoisotopic (exact) mass is 534 g/mol. The lowest BCUT2D eigenvalue weighted by Crippen LogP contribution is -2.55. The molecule has 2 saturated heterocycles. The Kier molecular flexibility index (Phi) is 5.81. The number of carbonyl (C=O) groups is 1. The van der Waals surface area contributed by atoms with Gasteiger partial charge in [0.15, 0.2) is 5.54 Å². The van der Waals surface area contributed by atoms with Gasteiger partial charge < -0.3 is 10.1 Å². The molecule has 0 radical (unpaired) electrons. The van der Waals surface area contributed by atoms with Crippen molar-refractivity contribution in [1.82, 2.24) is 4.90 Å². The number of para-hydroxylation sites is 1. The van der Waals surface area contributed by atoms with Crippen molar-refractivity contribution >= 4 is 28.9 Å². The van der Waals surface area contributed by atoms with Crippen molar-refractivity contribution in [2.75, 3.05) is 11.9 Å². The lowest BCUT2D eigenvalue weighted by molar-refractivity contribution is -0.534. The number of anilines is 1. The number of ether oxygens (including phenoxy) is 1. The van der Waals surface area contributed by atoms with Gasteiger partial charge in [-0.25, -0.2) is 0 Å². The predicted molar refractivity (Wildman–Crippen MR) is 139 cm³/mol. The fraction of sp³-hybridized carbons (Fsp3) is 0.296. The Morgan fingerprint density at radius 1 is 1.08 bits per heavy atom. The minimum Gasteiger partial charge on any atom is -0.487 e. The molecule has 0 aliphatic carbocycles. The van der Waals surface area contributed by atoms with E-state index in [0.29, 0.717) is 34.7 Å². The van der Waals surface area contributed by atoms with Crippen LogP contribution in [-0.2, 0) is 16.9 Å². The molecular formula is C27H23ClN4O6. The van der Waals surface area contributed by atoms with Crippen LogP contribution in [-0.4, -0.2) is 39.3 Å². The Balaban J connectivity index is 1.35. The number of benzene rings is 3. The summed E-state index contributed by atoms with van der Waals surface area (Å²) in [5, 5.41) is 26.9. The average Bonchev–Trinajstić information content (AvgIpc) is 3.56. The Morgan fingerprint density at radius 3 is 2.66 bits per heavy atom. The van der Waals surface area contributed by atoms with E-state index in [0.717, 1.165) is 12.8 Å². The molecule has 0 aromatic heterocycles. The zero-order valence-electron chi connectivity index (χ0n) is 20.1. The first kappa shape index (κ1) is 24.3. The molecule has 194 valence electrons. The van der Waals surface area contributed by atoms with E-state index in [2.05, 4.69) is 5.32 Å². The van der Waals surface area contributed by atoms with Crippen LogP contribution in [0.25, 0.3) is 0 Å². The Morgan fingerprint density at radius 2 is 1.89 bits per heavy atom. The fourth-order valence-electron chi connectivity index (χ4n) is 6.54. The predicted octanol–water partition coefficient (Wildman–Crippen LogP) is 4.88. The summed E-state index contributed by atoms with van der Waals surface area (Å²) in [7, 11) is 0. The molecule has 0 bridgehead atoms. The van der Waals surface area contributed by atoms with Gasteiger partial charge in [-0.3, -0.25) is 29.9 Å². The highest BCUT2D eigenvalue weighted by atomic mass is 35.5. The van der Waals surface area contributed by atoms with Crippen molar-refractivity contribution < 1.29 is 19.4 Å². The number of nitrogens with one attached hydrogen (secondary N) is 1. The normalized spacial score (nSPS) is 25.7. The van der Waals surface area contributed by atoms with Gasteiger partial charge >= 0.3 is 0 Å². The number of hydrogen-bond donors (Lipinski definition) is 1. The number of nitrogens with zero attached hydrogens (tertiary/aromatic N) is 3. The molecule has 3 aromatic carbocycles. The van der Waals surface area contributed by atoms with Gasteiger partial charge in [0, 0.05) is 40.9 Å². The second kappa shape index (κ2) is 9.07. The maximum atomic E-state index is 13.6. The second-order valence-electron chi connectivity index (χ2n) is 9.83. The standard InChI is InChI=1S/C27H23ClN4O6/c28-20-14-17(10-11-23(20)38-15-16-5-3-6-18(13-16)31(34)35)24-22-9-4-12-30(22)27(25(24)32(36)37)19-7-1-2-8-21(19)29-26(27)33/h1-3,5-8,10-11,13-14,22,24-25H,4,9,12,15H2,(H,29,33)/t22-,24-,25+,27-/m0/s1. The number of hydrogen-bond acceptors (Lipinski definition) is 7. The Labute approximate surface area is 222 Å². The summed E-state index contributed by atoms with van der Waals surface area (Å²) in [6.07, 6.45) is 1.57. The highest BCUT2D eigenvalue weighted by Crippen LogP contribution is 2.58. The van der Waals surface area contributed by atoms with Crippen molar-refractivity contribution in [3.8, 4) is 5.75 Å². The van der Waals surface area contributed by atoms with E-state index in [9.17, 15) is 25.0 Å². The first-order valence-corrected chi connectivity index (χ1v) is 12.7. The molecule has 1 N–H and O–H groups in total. The van der Waals surface area contributed by atoms with Crippen LogP contribution < -0.4 is 10.1 Å². The summed E-state index contributed by atoms with van der Waals surface area (Å²) in [5.41, 5.74) is 1.11. The summed E-state index contributed by atoms with van der Waals surface area (Å²) in [6, 6.07) is 17.0. The molecule has 3 heterocycles. The number of nitro groups is 2. The van der Waals surface area contributed by atoms with Crippen molar-refractivity contribution in [3.63, 3.8) is 0 Å². The van der Waals surface area contributed by atoms with E-state index in [4.69, 9.17) is 16.3 Å². The first-order valence-electron chi connectivity index (χ1n) is 12.3.